The van der Waals surface area contributed by atoms with Crippen LogP contribution in [0.5, 0.6) is 0 Å². The fourth-order valence-electron chi connectivity index (χ4n) is 1.73. The number of oxime groups is 1. The molecule has 82 valence electrons. The molecule has 0 aliphatic heterocycles. The molecular formula is C10H21N3O. The summed E-state index contributed by atoms with van der Waals surface area (Å²) in [4.78, 5) is 2.29. The largest absolute Gasteiger partial charge is 0.409 e. The highest BCUT2D eigenvalue weighted by atomic mass is 16.4. The molecule has 0 aromatic carbocycles. The Hall–Kier alpha value is -0.770. The highest BCUT2D eigenvalue weighted by Crippen LogP contribution is 2.34. The highest BCUT2D eigenvalue weighted by Gasteiger charge is 2.30. The molecule has 1 aliphatic carbocycles. The lowest BCUT2D eigenvalue weighted by atomic mass is 10.1. The third-order valence-corrected chi connectivity index (χ3v) is 3.18. The Morgan fingerprint density at radius 2 is 2.14 bits per heavy atom. The molecule has 0 radical (unpaired) electrons. The van der Waals surface area contributed by atoms with E-state index in [1.807, 2.05) is 6.92 Å². The van der Waals surface area contributed by atoms with E-state index in [0.29, 0.717) is 11.9 Å². The first-order chi connectivity index (χ1) is 6.56. The van der Waals surface area contributed by atoms with Gasteiger partial charge in [0.15, 0.2) is 0 Å². The van der Waals surface area contributed by atoms with Crippen molar-refractivity contribution in [2.45, 2.75) is 32.7 Å². The summed E-state index contributed by atoms with van der Waals surface area (Å²) in [7, 11) is 2.10. The molecule has 14 heavy (non-hydrogen) atoms. The molecule has 1 fully saturated rings. The van der Waals surface area contributed by atoms with Crippen molar-refractivity contribution in [3.05, 3.63) is 0 Å². The molecule has 3 N–H and O–H groups in total. The van der Waals surface area contributed by atoms with E-state index in [4.69, 9.17) is 10.9 Å². The molecule has 0 bridgehead atoms. The van der Waals surface area contributed by atoms with Gasteiger partial charge in [0, 0.05) is 18.5 Å². The summed E-state index contributed by atoms with van der Waals surface area (Å²) in [5.41, 5.74) is 5.53. The van der Waals surface area contributed by atoms with E-state index in [1.165, 1.54) is 12.8 Å². The SMILES string of the molecule is CC(CN(C)C(C)C1CC1)/C(N)=N/O. The fraction of sp³-hybridized carbons (Fsp3) is 0.900. The minimum atomic E-state index is 0.117. The molecule has 1 rings (SSSR count). The van der Waals surface area contributed by atoms with Crippen molar-refractivity contribution in [3.8, 4) is 0 Å². The van der Waals surface area contributed by atoms with Gasteiger partial charge in [-0.25, -0.2) is 0 Å². The van der Waals surface area contributed by atoms with Crippen LogP contribution in [0, 0.1) is 11.8 Å². The quantitative estimate of drug-likeness (QED) is 0.302. The second-order valence-electron chi connectivity index (χ2n) is 4.44. The zero-order chi connectivity index (χ0) is 10.7. The number of nitrogens with zero attached hydrogens (tertiary/aromatic N) is 2. The van der Waals surface area contributed by atoms with Crippen LogP contribution in [-0.2, 0) is 0 Å². The molecule has 0 heterocycles. The number of nitrogens with two attached hydrogens (primary N) is 1. The van der Waals surface area contributed by atoms with Gasteiger partial charge in [0.05, 0.1) is 0 Å². The molecular weight excluding hydrogens is 178 g/mol. The Labute approximate surface area is 85.8 Å². The molecule has 2 unspecified atom stereocenters. The van der Waals surface area contributed by atoms with E-state index < -0.39 is 0 Å². The van der Waals surface area contributed by atoms with E-state index in [2.05, 4.69) is 24.0 Å². The minimum absolute atomic E-state index is 0.117. The Balaban J connectivity index is 2.34. The maximum atomic E-state index is 8.52. The van der Waals surface area contributed by atoms with Gasteiger partial charge in [-0.3, -0.25) is 0 Å². The molecule has 0 aromatic rings. The molecule has 2 atom stereocenters. The monoisotopic (exact) mass is 199 g/mol. The lowest BCUT2D eigenvalue weighted by Gasteiger charge is -2.27. The zero-order valence-corrected chi connectivity index (χ0v) is 9.27. The predicted molar refractivity (Wildman–Crippen MR) is 57.4 cm³/mol. The Morgan fingerprint density at radius 1 is 1.57 bits per heavy atom. The van der Waals surface area contributed by atoms with E-state index in [0.717, 1.165) is 12.5 Å². The van der Waals surface area contributed by atoms with Crippen LogP contribution in [0.25, 0.3) is 0 Å². The van der Waals surface area contributed by atoms with Gasteiger partial charge in [0.1, 0.15) is 5.84 Å². The van der Waals surface area contributed by atoms with Crippen molar-refractivity contribution in [1.82, 2.24) is 4.90 Å². The van der Waals surface area contributed by atoms with Crippen LogP contribution < -0.4 is 5.73 Å². The molecule has 0 aromatic heterocycles. The first-order valence-electron chi connectivity index (χ1n) is 5.24. The topological polar surface area (TPSA) is 61.8 Å². The molecule has 0 amide bonds. The van der Waals surface area contributed by atoms with E-state index in [-0.39, 0.29) is 5.92 Å². The number of hydrogen-bond donors (Lipinski definition) is 2. The van der Waals surface area contributed by atoms with Crippen molar-refractivity contribution < 1.29 is 5.21 Å². The second kappa shape index (κ2) is 4.64. The maximum Gasteiger partial charge on any atom is 0.143 e. The normalized spacial score (nSPS) is 22.4. The molecule has 4 heteroatoms. The van der Waals surface area contributed by atoms with Crippen molar-refractivity contribution in [2.24, 2.45) is 22.7 Å². The van der Waals surface area contributed by atoms with Crippen LogP contribution in [0.4, 0.5) is 0 Å². The van der Waals surface area contributed by atoms with Gasteiger partial charge >= 0.3 is 0 Å². The van der Waals surface area contributed by atoms with Gasteiger partial charge in [0.2, 0.25) is 0 Å². The van der Waals surface area contributed by atoms with Crippen LogP contribution in [0.15, 0.2) is 5.16 Å². The molecule has 1 saturated carbocycles. The van der Waals surface area contributed by atoms with Crippen LogP contribution in [-0.4, -0.2) is 35.6 Å². The van der Waals surface area contributed by atoms with Gasteiger partial charge < -0.3 is 15.8 Å². The number of hydrogen-bond acceptors (Lipinski definition) is 3. The Bertz CT molecular complexity index is 213. The van der Waals surface area contributed by atoms with Crippen molar-refractivity contribution in [2.75, 3.05) is 13.6 Å². The lowest BCUT2D eigenvalue weighted by molar-refractivity contribution is 0.219. The van der Waals surface area contributed by atoms with Crippen molar-refractivity contribution in [1.29, 1.82) is 0 Å². The average molecular weight is 199 g/mol. The number of rotatable bonds is 5. The molecule has 1 aliphatic rings. The lowest BCUT2D eigenvalue weighted by Crippen LogP contribution is -2.38. The third kappa shape index (κ3) is 2.87. The van der Waals surface area contributed by atoms with Crippen LogP contribution in [0.2, 0.25) is 0 Å². The third-order valence-electron chi connectivity index (χ3n) is 3.18. The summed E-state index contributed by atoms with van der Waals surface area (Å²) in [6, 6.07) is 0.615. The van der Waals surface area contributed by atoms with Crippen LogP contribution in [0.1, 0.15) is 26.7 Å². The smallest absolute Gasteiger partial charge is 0.143 e. The standard InChI is InChI=1S/C10H21N3O/c1-7(10(11)12-14)6-13(3)8(2)9-4-5-9/h7-9,14H,4-6H2,1-3H3,(H2,11,12). The fourth-order valence-corrected chi connectivity index (χ4v) is 1.73. The average Bonchev–Trinajstić information content (AvgIpc) is 2.98. The first kappa shape index (κ1) is 11.3. The Kier molecular flexibility index (Phi) is 3.75. The zero-order valence-electron chi connectivity index (χ0n) is 9.27. The summed E-state index contributed by atoms with van der Waals surface area (Å²) < 4.78 is 0. The van der Waals surface area contributed by atoms with Crippen LogP contribution >= 0.6 is 0 Å². The highest BCUT2D eigenvalue weighted by molar-refractivity contribution is 5.82. The predicted octanol–water partition coefficient (Wildman–Crippen LogP) is 1.10. The molecule has 0 saturated heterocycles. The summed E-state index contributed by atoms with van der Waals surface area (Å²) in [5.74, 6) is 1.30. The van der Waals surface area contributed by atoms with Crippen LogP contribution in [0.3, 0.4) is 0 Å². The number of amidine groups is 1. The van der Waals surface area contributed by atoms with Gasteiger partial charge in [-0.05, 0) is 32.7 Å². The summed E-state index contributed by atoms with van der Waals surface area (Å²) in [6.45, 7) is 5.08. The summed E-state index contributed by atoms with van der Waals surface area (Å²) in [6.07, 6.45) is 2.70. The van der Waals surface area contributed by atoms with Gasteiger partial charge in [-0.15, -0.1) is 0 Å². The van der Waals surface area contributed by atoms with Crippen molar-refractivity contribution in [3.63, 3.8) is 0 Å². The van der Waals surface area contributed by atoms with E-state index in [9.17, 15) is 0 Å². The van der Waals surface area contributed by atoms with Gasteiger partial charge in [-0.1, -0.05) is 12.1 Å². The van der Waals surface area contributed by atoms with Crippen molar-refractivity contribution >= 4 is 5.84 Å². The summed E-state index contributed by atoms with van der Waals surface area (Å²) in [5, 5.41) is 11.6. The molecule has 4 nitrogen and oxygen atoms in total. The second-order valence-corrected chi connectivity index (χ2v) is 4.44. The molecule has 0 spiro atoms. The Morgan fingerprint density at radius 3 is 2.57 bits per heavy atom. The summed E-state index contributed by atoms with van der Waals surface area (Å²) >= 11 is 0. The minimum Gasteiger partial charge on any atom is -0.409 e. The van der Waals surface area contributed by atoms with E-state index in [1.54, 1.807) is 0 Å². The first-order valence-corrected chi connectivity index (χ1v) is 5.24. The maximum absolute atomic E-state index is 8.52. The van der Waals surface area contributed by atoms with Gasteiger partial charge in [-0.2, -0.15) is 0 Å². The van der Waals surface area contributed by atoms with E-state index >= 15 is 0 Å². The van der Waals surface area contributed by atoms with Gasteiger partial charge in [0.25, 0.3) is 0 Å².